The van der Waals surface area contributed by atoms with Gasteiger partial charge in [0.15, 0.2) is 11.5 Å². The third-order valence-electron chi connectivity index (χ3n) is 3.44. The van der Waals surface area contributed by atoms with E-state index in [0.717, 1.165) is 17.3 Å². The van der Waals surface area contributed by atoms with Gasteiger partial charge in [-0.05, 0) is 24.3 Å². The smallest absolute Gasteiger partial charge is 0.220 e. The number of hydrogen-bond acceptors (Lipinski definition) is 4. The van der Waals surface area contributed by atoms with Gasteiger partial charge in [0.05, 0.1) is 6.54 Å². The number of amides is 1. The summed E-state index contributed by atoms with van der Waals surface area (Å²) in [7, 11) is 0. The van der Waals surface area contributed by atoms with Crippen LogP contribution in [-0.4, -0.2) is 30.9 Å². The van der Waals surface area contributed by atoms with Gasteiger partial charge in [-0.3, -0.25) is 4.79 Å². The highest BCUT2D eigenvalue weighted by Crippen LogP contribution is 2.30. The molecule has 0 saturated heterocycles. The summed E-state index contributed by atoms with van der Waals surface area (Å²) in [6, 6.07) is 17.7. The largest absolute Gasteiger partial charge is 0.486 e. The van der Waals surface area contributed by atoms with Crippen molar-refractivity contribution >= 4 is 17.7 Å². The van der Waals surface area contributed by atoms with E-state index in [1.54, 1.807) is 11.8 Å². The Bertz CT molecular complexity index is 648. The molecule has 4 nitrogen and oxygen atoms in total. The second-order valence-electron chi connectivity index (χ2n) is 5.21. The molecule has 23 heavy (non-hydrogen) atoms. The molecule has 1 N–H and O–H groups in total. The number of ether oxygens (including phenoxy) is 2. The van der Waals surface area contributed by atoms with Crippen molar-refractivity contribution in [1.82, 2.24) is 5.32 Å². The van der Waals surface area contributed by atoms with E-state index in [4.69, 9.17) is 9.47 Å². The van der Waals surface area contributed by atoms with Crippen molar-refractivity contribution < 1.29 is 14.3 Å². The van der Waals surface area contributed by atoms with Crippen LogP contribution in [0, 0.1) is 0 Å². The van der Waals surface area contributed by atoms with E-state index in [2.05, 4.69) is 5.32 Å². The van der Waals surface area contributed by atoms with E-state index >= 15 is 0 Å². The lowest BCUT2D eigenvalue weighted by atomic mass is 10.2. The van der Waals surface area contributed by atoms with Gasteiger partial charge in [0, 0.05) is 17.1 Å². The maximum Gasteiger partial charge on any atom is 0.220 e. The summed E-state index contributed by atoms with van der Waals surface area (Å²) in [5, 5.41) is 2.91. The van der Waals surface area contributed by atoms with Gasteiger partial charge in [-0.15, -0.1) is 11.8 Å². The van der Waals surface area contributed by atoms with E-state index < -0.39 is 0 Å². The second-order valence-corrected chi connectivity index (χ2v) is 6.38. The first kappa shape index (κ1) is 15.7. The maximum absolute atomic E-state index is 11.9. The zero-order valence-electron chi connectivity index (χ0n) is 12.7. The Kier molecular flexibility index (Phi) is 5.42. The minimum atomic E-state index is -0.143. The summed E-state index contributed by atoms with van der Waals surface area (Å²) in [5.74, 6) is 2.30. The van der Waals surface area contributed by atoms with Crippen molar-refractivity contribution in [3.63, 3.8) is 0 Å². The fraction of sp³-hybridized carbons (Fsp3) is 0.278. The number of carbonyl (C=O) groups excluding carboxylic acids is 1. The Morgan fingerprint density at radius 2 is 1.83 bits per heavy atom. The van der Waals surface area contributed by atoms with Crippen molar-refractivity contribution in [2.45, 2.75) is 17.4 Å². The quantitative estimate of drug-likeness (QED) is 0.827. The predicted molar refractivity (Wildman–Crippen MR) is 91.1 cm³/mol. The lowest BCUT2D eigenvalue weighted by Gasteiger charge is -2.26. The van der Waals surface area contributed by atoms with Gasteiger partial charge in [0.25, 0.3) is 0 Å². The molecule has 1 atom stereocenters. The number of benzene rings is 2. The Labute approximate surface area is 140 Å². The van der Waals surface area contributed by atoms with Crippen LogP contribution in [0.4, 0.5) is 0 Å². The monoisotopic (exact) mass is 329 g/mol. The second kappa shape index (κ2) is 7.92. The van der Waals surface area contributed by atoms with Gasteiger partial charge in [-0.2, -0.15) is 0 Å². The van der Waals surface area contributed by atoms with Crippen LogP contribution in [0.15, 0.2) is 59.5 Å². The van der Waals surface area contributed by atoms with Gasteiger partial charge in [-0.1, -0.05) is 30.3 Å². The summed E-state index contributed by atoms with van der Waals surface area (Å²) in [6.07, 6.45) is 0.347. The molecule has 1 aliphatic heterocycles. The molecule has 0 saturated carbocycles. The Morgan fingerprint density at radius 3 is 2.65 bits per heavy atom. The third kappa shape index (κ3) is 4.66. The topological polar surface area (TPSA) is 47.6 Å². The average molecular weight is 329 g/mol. The molecule has 0 unspecified atom stereocenters. The highest BCUT2D eigenvalue weighted by molar-refractivity contribution is 7.99. The summed E-state index contributed by atoms with van der Waals surface area (Å²) in [5.41, 5.74) is 0. The number of thioether (sulfide) groups is 1. The van der Waals surface area contributed by atoms with Crippen molar-refractivity contribution in [2.24, 2.45) is 0 Å². The zero-order chi connectivity index (χ0) is 15.9. The van der Waals surface area contributed by atoms with Crippen LogP contribution in [0.25, 0.3) is 0 Å². The van der Waals surface area contributed by atoms with E-state index in [1.807, 2.05) is 54.6 Å². The molecular formula is C18H19NO3S. The Morgan fingerprint density at radius 1 is 1.09 bits per heavy atom. The molecule has 0 radical (unpaired) electrons. The molecule has 0 fully saturated rings. The minimum Gasteiger partial charge on any atom is -0.486 e. The summed E-state index contributed by atoms with van der Waals surface area (Å²) in [4.78, 5) is 13.1. The fourth-order valence-electron chi connectivity index (χ4n) is 2.26. The summed E-state index contributed by atoms with van der Waals surface area (Å²) in [6.45, 7) is 0.916. The number of nitrogens with one attached hydrogen (secondary N) is 1. The molecule has 0 aromatic heterocycles. The standard InChI is InChI=1S/C18H19NO3S/c20-18(10-11-23-15-6-2-1-3-7-15)19-12-14-13-21-16-8-4-5-9-17(16)22-14/h1-9,14H,10-13H2,(H,19,20)/t14-/m0/s1. The highest BCUT2D eigenvalue weighted by atomic mass is 32.2. The molecule has 0 aliphatic carbocycles. The van der Waals surface area contributed by atoms with Gasteiger partial charge >= 0.3 is 0 Å². The summed E-state index contributed by atoms with van der Waals surface area (Å²) < 4.78 is 11.4. The molecule has 2 aromatic rings. The van der Waals surface area contributed by atoms with Gasteiger partial charge < -0.3 is 14.8 Å². The number of hydrogen-bond donors (Lipinski definition) is 1. The zero-order valence-corrected chi connectivity index (χ0v) is 13.6. The molecule has 2 aromatic carbocycles. The minimum absolute atomic E-state index is 0.0379. The van der Waals surface area contributed by atoms with Gasteiger partial charge in [0.1, 0.15) is 12.7 Å². The SMILES string of the molecule is O=C(CCSc1ccccc1)NC[C@H]1COc2ccccc2O1. The molecule has 0 bridgehead atoms. The fourth-order valence-corrected chi connectivity index (χ4v) is 3.13. The lowest BCUT2D eigenvalue weighted by Crippen LogP contribution is -2.40. The maximum atomic E-state index is 11.9. The van der Waals surface area contributed by atoms with Gasteiger partial charge in [-0.25, -0.2) is 0 Å². The first-order valence-corrected chi connectivity index (χ1v) is 8.63. The first-order chi connectivity index (χ1) is 11.3. The van der Waals surface area contributed by atoms with Crippen LogP contribution < -0.4 is 14.8 Å². The predicted octanol–water partition coefficient (Wildman–Crippen LogP) is 3.13. The molecule has 0 spiro atoms. The van der Waals surface area contributed by atoms with Crippen molar-refractivity contribution in [1.29, 1.82) is 0 Å². The molecular weight excluding hydrogens is 310 g/mol. The molecule has 120 valence electrons. The van der Waals surface area contributed by atoms with Crippen LogP contribution in [0.5, 0.6) is 11.5 Å². The number of carbonyl (C=O) groups is 1. The molecule has 1 heterocycles. The average Bonchev–Trinajstić information content (AvgIpc) is 2.61. The molecule has 1 aliphatic rings. The summed E-state index contributed by atoms with van der Waals surface area (Å²) >= 11 is 1.68. The van der Waals surface area contributed by atoms with E-state index in [-0.39, 0.29) is 12.0 Å². The lowest BCUT2D eigenvalue weighted by molar-refractivity contribution is -0.121. The molecule has 5 heteroatoms. The number of rotatable bonds is 6. The third-order valence-corrected chi connectivity index (χ3v) is 4.45. The Balaban J connectivity index is 1.37. The van der Waals surface area contributed by atoms with E-state index in [9.17, 15) is 4.79 Å². The van der Waals surface area contributed by atoms with Crippen LogP contribution >= 0.6 is 11.8 Å². The van der Waals surface area contributed by atoms with Crippen LogP contribution in [0.1, 0.15) is 6.42 Å². The van der Waals surface area contributed by atoms with Crippen LogP contribution in [0.3, 0.4) is 0 Å². The normalized spacial score (nSPS) is 15.9. The molecule has 1 amide bonds. The van der Waals surface area contributed by atoms with E-state index in [0.29, 0.717) is 19.6 Å². The van der Waals surface area contributed by atoms with Gasteiger partial charge in [0.2, 0.25) is 5.91 Å². The number of para-hydroxylation sites is 2. The Hall–Kier alpha value is -2.14. The van der Waals surface area contributed by atoms with Crippen molar-refractivity contribution in [3.8, 4) is 11.5 Å². The van der Waals surface area contributed by atoms with E-state index in [1.165, 1.54) is 4.90 Å². The van der Waals surface area contributed by atoms with Crippen molar-refractivity contribution in [3.05, 3.63) is 54.6 Å². The molecule has 3 rings (SSSR count). The highest BCUT2D eigenvalue weighted by Gasteiger charge is 2.20. The number of fused-ring (bicyclic) bond motifs is 1. The first-order valence-electron chi connectivity index (χ1n) is 7.64. The van der Waals surface area contributed by atoms with Crippen molar-refractivity contribution in [2.75, 3.05) is 18.9 Å². The van der Waals surface area contributed by atoms with Crippen LogP contribution in [-0.2, 0) is 4.79 Å². The van der Waals surface area contributed by atoms with Crippen LogP contribution in [0.2, 0.25) is 0 Å².